The molecule has 0 unspecified atom stereocenters. The van der Waals surface area contributed by atoms with Crippen LogP contribution in [-0.4, -0.2) is 11.4 Å². The number of nitrogens with one attached hydrogen (secondary N) is 1. The predicted octanol–water partition coefficient (Wildman–Crippen LogP) is 2.81. The van der Waals surface area contributed by atoms with Crippen LogP contribution >= 0.6 is 16.1 Å². The summed E-state index contributed by atoms with van der Waals surface area (Å²) in [7, 11) is 0. The van der Waals surface area contributed by atoms with Gasteiger partial charge in [-0.2, -0.15) is 0 Å². The molecular weight excluding hydrogens is 282 g/mol. The van der Waals surface area contributed by atoms with Crippen molar-refractivity contribution in [1.82, 2.24) is 0 Å². The topological polar surface area (TPSA) is 32.3 Å². The minimum atomic E-state index is -0.906. The van der Waals surface area contributed by atoms with Crippen LogP contribution in [0.5, 0.6) is 0 Å². The van der Waals surface area contributed by atoms with Crippen LogP contribution < -0.4 is 9.24 Å². The van der Waals surface area contributed by atoms with Crippen molar-refractivity contribution in [1.29, 1.82) is 0 Å². The molecule has 0 aromatic heterocycles. The molecule has 86 valence electrons. The summed E-state index contributed by atoms with van der Waals surface area (Å²) in [6, 6.07) is 1.89. The highest BCUT2D eigenvalue weighted by Crippen LogP contribution is 2.39. The third kappa shape index (κ3) is 1.57. The summed E-state index contributed by atoms with van der Waals surface area (Å²) < 4.78 is 27.6. The molecule has 0 fully saturated rings. The fourth-order valence-corrected chi connectivity index (χ4v) is 2.40. The maximum Gasteiger partial charge on any atom is 0.262 e. The first-order valence-corrected chi connectivity index (χ1v) is 5.31. The van der Waals surface area contributed by atoms with Crippen molar-refractivity contribution < 1.29 is 13.6 Å². The molecule has 0 spiro atoms. The number of rotatable bonds is 0. The second-order valence-electron chi connectivity index (χ2n) is 4.12. The van der Waals surface area contributed by atoms with Gasteiger partial charge in [0.05, 0.1) is 21.8 Å². The first-order chi connectivity index (χ1) is 7.33. The number of hydrogen-bond donors (Lipinski definition) is 1. The molecule has 1 aromatic carbocycles. The van der Waals surface area contributed by atoms with E-state index >= 15 is 0 Å². The lowest BCUT2D eigenvalue weighted by atomic mass is 10.00. The number of halogens is 3. The van der Waals surface area contributed by atoms with Crippen molar-refractivity contribution in [2.75, 3.05) is 9.24 Å². The van der Waals surface area contributed by atoms with Gasteiger partial charge < -0.3 is 5.32 Å². The number of anilines is 2. The zero-order chi connectivity index (χ0) is 12.1. The van der Waals surface area contributed by atoms with Gasteiger partial charge >= 0.3 is 0 Å². The summed E-state index contributed by atoms with van der Waals surface area (Å²) >= 11 is 2.98. The maximum absolute atomic E-state index is 13.5. The summed E-state index contributed by atoms with van der Waals surface area (Å²) in [4.78, 5) is 11.8. The third-order valence-corrected chi connectivity index (χ3v) is 3.06. The van der Waals surface area contributed by atoms with Crippen LogP contribution in [0, 0.1) is 11.6 Å². The molecule has 1 N–H and O–H groups in total. The average Bonchev–Trinajstić information content (AvgIpc) is 2.12. The van der Waals surface area contributed by atoms with Crippen molar-refractivity contribution in [3.8, 4) is 0 Å². The Bertz CT molecular complexity index is 476. The van der Waals surface area contributed by atoms with E-state index in [1.165, 1.54) is 0 Å². The maximum atomic E-state index is 13.5. The van der Waals surface area contributed by atoms with Crippen LogP contribution in [0.25, 0.3) is 0 Å². The van der Waals surface area contributed by atoms with Crippen molar-refractivity contribution >= 4 is 33.4 Å². The highest BCUT2D eigenvalue weighted by atomic mass is 79.9. The normalized spacial score (nSPS) is 18.1. The number of fused-ring (bicyclic) bond motifs is 1. The number of carbonyl (C=O) groups excluding carboxylic acids is 1. The standard InChI is InChI=1S/C10H9BrF2N2O/c1-10(2)9(16)15(11)8-6(13)3-5(12)4-7(8)14-10/h3-4,14H,1-2H3. The zero-order valence-corrected chi connectivity index (χ0v) is 10.2. The molecule has 1 aliphatic heterocycles. The number of hydrogen-bond acceptors (Lipinski definition) is 2. The Morgan fingerprint density at radius 3 is 2.62 bits per heavy atom. The molecule has 0 radical (unpaired) electrons. The Kier molecular flexibility index (Phi) is 2.41. The summed E-state index contributed by atoms with van der Waals surface area (Å²) in [6.45, 7) is 3.27. The van der Waals surface area contributed by atoms with Crippen LogP contribution in [0.15, 0.2) is 12.1 Å². The molecule has 0 atom stereocenters. The van der Waals surface area contributed by atoms with Crippen molar-refractivity contribution in [3.05, 3.63) is 23.8 Å². The van der Waals surface area contributed by atoms with Crippen LogP contribution in [0.3, 0.4) is 0 Å². The fraction of sp³-hybridized carbons (Fsp3) is 0.300. The molecular formula is C10H9BrF2N2O. The van der Waals surface area contributed by atoms with Gasteiger partial charge in [0.1, 0.15) is 17.0 Å². The van der Waals surface area contributed by atoms with E-state index in [1.807, 2.05) is 0 Å². The van der Waals surface area contributed by atoms with E-state index in [4.69, 9.17) is 0 Å². The van der Waals surface area contributed by atoms with Crippen molar-refractivity contribution in [3.63, 3.8) is 0 Å². The summed E-state index contributed by atoms with van der Waals surface area (Å²) in [5.74, 6) is -1.82. The van der Waals surface area contributed by atoms with Gasteiger partial charge in [-0.1, -0.05) is 0 Å². The SMILES string of the molecule is CC1(C)Nc2cc(F)cc(F)c2N(Br)C1=O. The molecule has 3 nitrogen and oxygen atoms in total. The molecule has 1 aromatic rings. The molecule has 6 heteroatoms. The Morgan fingerprint density at radius 2 is 2.00 bits per heavy atom. The van der Waals surface area contributed by atoms with Gasteiger partial charge in [-0.25, -0.2) is 12.7 Å². The fourth-order valence-electron chi connectivity index (χ4n) is 1.60. The second-order valence-corrected chi connectivity index (χ2v) is 4.83. The van der Waals surface area contributed by atoms with Gasteiger partial charge in [0.15, 0.2) is 5.82 Å². The van der Waals surface area contributed by atoms with Gasteiger partial charge in [-0.05, 0) is 19.9 Å². The molecule has 0 bridgehead atoms. The Morgan fingerprint density at radius 1 is 1.38 bits per heavy atom. The summed E-state index contributed by atoms with van der Waals surface area (Å²) in [6.07, 6.45) is 0. The van der Waals surface area contributed by atoms with Crippen LogP contribution in [-0.2, 0) is 4.79 Å². The summed E-state index contributed by atoms with van der Waals surface area (Å²) in [5, 5.41) is 2.80. The molecule has 1 aliphatic rings. The van der Waals surface area contributed by atoms with Gasteiger partial charge in [0.25, 0.3) is 5.91 Å². The quantitative estimate of drug-likeness (QED) is 0.745. The Labute approximate surface area is 99.8 Å². The molecule has 1 amide bonds. The minimum Gasteiger partial charge on any atom is -0.370 e. The first-order valence-electron chi connectivity index (χ1n) is 4.60. The van der Waals surface area contributed by atoms with E-state index in [0.29, 0.717) is 0 Å². The van der Waals surface area contributed by atoms with Crippen LogP contribution in [0.4, 0.5) is 20.2 Å². The number of carbonyl (C=O) groups is 1. The molecule has 0 saturated heterocycles. The average molecular weight is 291 g/mol. The van der Waals surface area contributed by atoms with E-state index < -0.39 is 17.2 Å². The third-order valence-electron chi connectivity index (χ3n) is 2.38. The number of amides is 1. The lowest BCUT2D eigenvalue weighted by Crippen LogP contribution is -2.50. The second kappa shape index (κ2) is 3.41. The number of benzene rings is 1. The lowest BCUT2D eigenvalue weighted by Gasteiger charge is -2.36. The molecule has 2 rings (SSSR count). The van der Waals surface area contributed by atoms with Gasteiger partial charge in [0, 0.05) is 6.07 Å². The van der Waals surface area contributed by atoms with Gasteiger partial charge in [-0.3, -0.25) is 4.79 Å². The smallest absolute Gasteiger partial charge is 0.262 e. The van der Waals surface area contributed by atoms with E-state index in [9.17, 15) is 13.6 Å². The van der Waals surface area contributed by atoms with Crippen molar-refractivity contribution in [2.45, 2.75) is 19.4 Å². The molecule has 0 aliphatic carbocycles. The van der Waals surface area contributed by atoms with Gasteiger partial charge in [-0.15, -0.1) is 0 Å². The van der Waals surface area contributed by atoms with Crippen molar-refractivity contribution in [2.24, 2.45) is 0 Å². The first kappa shape index (κ1) is 11.3. The molecule has 1 heterocycles. The molecule has 0 saturated carbocycles. The minimum absolute atomic E-state index is 0.00530. The van der Waals surface area contributed by atoms with Gasteiger partial charge in [0.2, 0.25) is 0 Å². The molecule has 16 heavy (non-hydrogen) atoms. The van der Waals surface area contributed by atoms with E-state index in [0.717, 1.165) is 16.1 Å². The highest BCUT2D eigenvalue weighted by Gasteiger charge is 2.39. The Balaban J connectivity index is 2.64. The largest absolute Gasteiger partial charge is 0.370 e. The lowest BCUT2D eigenvalue weighted by molar-refractivity contribution is -0.120. The Hall–Kier alpha value is -1.17. The predicted molar refractivity (Wildman–Crippen MR) is 60.5 cm³/mol. The van der Waals surface area contributed by atoms with E-state index in [2.05, 4.69) is 21.5 Å². The van der Waals surface area contributed by atoms with E-state index in [1.54, 1.807) is 13.8 Å². The summed E-state index contributed by atoms with van der Waals surface area (Å²) in [5.41, 5.74) is -0.652. The zero-order valence-electron chi connectivity index (χ0n) is 8.64. The van der Waals surface area contributed by atoms with Crippen LogP contribution in [0.1, 0.15) is 13.8 Å². The number of nitrogens with zero attached hydrogens (tertiary/aromatic N) is 1. The van der Waals surface area contributed by atoms with Crippen LogP contribution in [0.2, 0.25) is 0 Å². The monoisotopic (exact) mass is 290 g/mol. The van der Waals surface area contributed by atoms with E-state index in [-0.39, 0.29) is 17.3 Å². The highest BCUT2D eigenvalue weighted by molar-refractivity contribution is 9.10.